The maximum absolute atomic E-state index is 11.3. The fraction of sp³-hybridized carbons (Fsp3) is 0.286. The number of anilines is 2. The van der Waals surface area contributed by atoms with Crippen LogP contribution in [0.1, 0.15) is 6.42 Å². The van der Waals surface area contributed by atoms with Crippen LogP contribution in [0, 0.1) is 0 Å². The summed E-state index contributed by atoms with van der Waals surface area (Å²) in [6, 6.07) is 5.86. The van der Waals surface area contributed by atoms with Gasteiger partial charge in [0.15, 0.2) is 0 Å². The van der Waals surface area contributed by atoms with Crippen LogP contribution < -0.4 is 16.0 Å². The molecule has 1 heterocycles. The molecule has 2 aromatic rings. The first-order valence-corrected chi connectivity index (χ1v) is 6.17. The van der Waals surface area contributed by atoms with Gasteiger partial charge in [-0.15, -0.1) is 0 Å². The van der Waals surface area contributed by atoms with Crippen molar-refractivity contribution < 1.29 is 4.79 Å². The largest absolute Gasteiger partial charge is 0.397 e. The first kappa shape index (κ1) is 13.1. The molecule has 0 bridgehead atoms. The summed E-state index contributed by atoms with van der Waals surface area (Å²) in [5.74, 6) is 0.0235. The molecule has 3 N–H and O–H groups in total. The van der Waals surface area contributed by atoms with Gasteiger partial charge in [0.2, 0.25) is 5.91 Å². The average molecular weight is 258 g/mol. The van der Waals surface area contributed by atoms with Gasteiger partial charge in [-0.25, -0.2) is 0 Å². The van der Waals surface area contributed by atoms with E-state index < -0.39 is 0 Å². The number of hydrogen-bond acceptors (Lipinski definition) is 4. The topological polar surface area (TPSA) is 71.2 Å². The predicted molar refractivity (Wildman–Crippen MR) is 78.1 cm³/mol. The zero-order valence-corrected chi connectivity index (χ0v) is 11.2. The molecule has 0 fully saturated rings. The molecule has 0 unspecified atom stereocenters. The molecule has 0 saturated heterocycles. The third-order valence-electron chi connectivity index (χ3n) is 3.20. The molecule has 2 rings (SSSR count). The Bertz CT molecular complexity index is 597. The van der Waals surface area contributed by atoms with E-state index in [1.165, 1.54) is 0 Å². The van der Waals surface area contributed by atoms with Crippen molar-refractivity contribution in [1.29, 1.82) is 0 Å². The van der Waals surface area contributed by atoms with Crippen molar-refractivity contribution in [2.75, 3.05) is 31.3 Å². The van der Waals surface area contributed by atoms with E-state index in [4.69, 9.17) is 5.73 Å². The summed E-state index contributed by atoms with van der Waals surface area (Å²) in [4.78, 5) is 17.3. The Kier molecular flexibility index (Phi) is 3.85. The summed E-state index contributed by atoms with van der Waals surface area (Å²) < 4.78 is 0. The molecule has 1 aromatic carbocycles. The molecule has 0 spiro atoms. The molecular weight excluding hydrogens is 240 g/mol. The fourth-order valence-electron chi connectivity index (χ4n) is 2.03. The zero-order valence-electron chi connectivity index (χ0n) is 11.2. The van der Waals surface area contributed by atoms with Crippen LogP contribution in [-0.4, -0.2) is 31.5 Å². The quantitative estimate of drug-likeness (QED) is 0.813. The van der Waals surface area contributed by atoms with Gasteiger partial charge in [-0.3, -0.25) is 9.78 Å². The highest BCUT2D eigenvalue weighted by atomic mass is 16.1. The SMILES string of the molecule is CNC(=O)CCN(C)c1ccc2cnccc2c1N. The van der Waals surface area contributed by atoms with E-state index in [1.807, 2.05) is 30.1 Å². The van der Waals surface area contributed by atoms with Gasteiger partial charge in [-0.2, -0.15) is 0 Å². The van der Waals surface area contributed by atoms with Gasteiger partial charge in [-0.1, -0.05) is 6.07 Å². The molecule has 19 heavy (non-hydrogen) atoms. The molecule has 0 atom stereocenters. The van der Waals surface area contributed by atoms with Gasteiger partial charge in [0.05, 0.1) is 11.4 Å². The molecule has 1 aromatic heterocycles. The number of fused-ring (bicyclic) bond motifs is 1. The summed E-state index contributed by atoms with van der Waals surface area (Å²) in [7, 11) is 3.57. The van der Waals surface area contributed by atoms with E-state index in [0.717, 1.165) is 22.1 Å². The minimum Gasteiger partial charge on any atom is -0.397 e. The lowest BCUT2D eigenvalue weighted by Gasteiger charge is -2.21. The molecule has 0 saturated carbocycles. The first-order chi connectivity index (χ1) is 9.13. The Balaban J connectivity index is 2.25. The number of nitrogens with two attached hydrogens (primary N) is 1. The predicted octanol–water partition coefficient (Wildman–Crippen LogP) is 1.39. The van der Waals surface area contributed by atoms with Crippen LogP contribution in [0.4, 0.5) is 11.4 Å². The van der Waals surface area contributed by atoms with Gasteiger partial charge in [0.1, 0.15) is 0 Å². The molecule has 0 radical (unpaired) electrons. The van der Waals surface area contributed by atoms with E-state index in [0.29, 0.717) is 13.0 Å². The number of aromatic nitrogens is 1. The third kappa shape index (κ3) is 2.76. The number of carbonyl (C=O) groups is 1. The zero-order chi connectivity index (χ0) is 13.8. The number of benzene rings is 1. The second kappa shape index (κ2) is 5.56. The van der Waals surface area contributed by atoms with E-state index in [-0.39, 0.29) is 5.91 Å². The molecule has 100 valence electrons. The third-order valence-corrected chi connectivity index (χ3v) is 3.20. The summed E-state index contributed by atoms with van der Waals surface area (Å²) in [6.07, 6.45) is 3.97. The Hall–Kier alpha value is -2.30. The normalized spacial score (nSPS) is 10.4. The summed E-state index contributed by atoms with van der Waals surface area (Å²) in [5.41, 5.74) is 7.84. The van der Waals surface area contributed by atoms with Crippen molar-refractivity contribution in [2.45, 2.75) is 6.42 Å². The number of nitrogens with zero attached hydrogens (tertiary/aromatic N) is 2. The summed E-state index contributed by atoms with van der Waals surface area (Å²) in [6.45, 7) is 0.625. The van der Waals surface area contributed by atoms with E-state index in [2.05, 4.69) is 10.3 Å². The Morgan fingerprint density at radius 3 is 2.95 bits per heavy atom. The molecule has 5 heteroatoms. The van der Waals surface area contributed by atoms with Crippen LogP contribution in [0.3, 0.4) is 0 Å². The summed E-state index contributed by atoms with van der Waals surface area (Å²) >= 11 is 0. The van der Waals surface area contributed by atoms with Crippen molar-refractivity contribution in [2.24, 2.45) is 0 Å². The van der Waals surface area contributed by atoms with Crippen LogP contribution >= 0.6 is 0 Å². The van der Waals surface area contributed by atoms with Crippen LogP contribution in [0.25, 0.3) is 10.8 Å². The highest BCUT2D eigenvalue weighted by molar-refractivity contribution is 5.98. The number of pyridine rings is 1. The highest BCUT2D eigenvalue weighted by Gasteiger charge is 2.09. The Morgan fingerprint density at radius 1 is 1.42 bits per heavy atom. The maximum Gasteiger partial charge on any atom is 0.221 e. The molecule has 0 aliphatic carbocycles. The van der Waals surface area contributed by atoms with Gasteiger partial charge < -0.3 is 16.0 Å². The van der Waals surface area contributed by atoms with E-state index in [9.17, 15) is 4.79 Å². The number of carbonyl (C=O) groups excluding carboxylic acids is 1. The van der Waals surface area contributed by atoms with Crippen LogP contribution in [0.5, 0.6) is 0 Å². The second-order valence-electron chi connectivity index (χ2n) is 4.44. The van der Waals surface area contributed by atoms with Crippen LogP contribution in [0.2, 0.25) is 0 Å². The van der Waals surface area contributed by atoms with E-state index in [1.54, 1.807) is 19.4 Å². The van der Waals surface area contributed by atoms with Gasteiger partial charge in [0.25, 0.3) is 0 Å². The number of amides is 1. The minimum atomic E-state index is 0.0235. The lowest BCUT2D eigenvalue weighted by Crippen LogP contribution is -2.26. The fourth-order valence-corrected chi connectivity index (χ4v) is 2.03. The molecule has 0 aliphatic rings. The standard InChI is InChI=1S/C14H18N4O/c1-16-13(19)6-8-18(2)12-4-3-10-9-17-7-5-11(10)14(12)15/h3-5,7,9H,6,8,15H2,1-2H3,(H,16,19). The molecule has 0 aliphatic heterocycles. The number of nitrogen functional groups attached to an aromatic ring is 1. The smallest absolute Gasteiger partial charge is 0.221 e. The molecule has 1 amide bonds. The second-order valence-corrected chi connectivity index (χ2v) is 4.44. The van der Waals surface area contributed by atoms with Crippen LogP contribution in [-0.2, 0) is 4.79 Å². The van der Waals surface area contributed by atoms with Crippen molar-refractivity contribution in [3.8, 4) is 0 Å². The van der Waals surface area contributed by atoms with E-state index >= 15 is 0 Å². The highest BCUT2D eigenvalue weighted by Crippen LogP contribution is 2.30. The molecule has 5 nitrogen and oxygen atoms in total. The van der Waals surface area contributed by atoms with Crippen LogP contribution in [0.15, 0.2) is 30.6 Å². The van der Waals surface area contributed by atoms with Gasteiger partial charge >= 0.3 is 0 Å². The van der Waals surface area contributed by atoms with Crippen molar-refractivity contribution in [3.05, 3.63) is 30.6 Å². The number of rotatable bonds is 4. The monoisotopic (exact) mass is 258 g/mol. The lowest BCUT2D eigenvalue weighted by molar-refractivity contribution is -0.120. The first-order valence-electron chi connectivity index (χ1n) is 6.17. The minimum absolute atomic E-state index is 0.0235. The average Bonchev–Trinajstić information content (AvgIpc) is 2.45. The maximum atomic E-state index is 11.3. The lowest BCUT2D eigenvalue weighted by atomic mass is 10.1. The Labute approximate surface area is 112 Å². The number of hydrogen-bond donors (Lipinski definition) is 2. The summed E-state index contributed by atoms with van der Waals surface area (Å²) in [5, 5.41) is 4.61. The number of nitrogens with one attached hydrogen (secondary N) is 1. The van der Waals surface area contributed by atoms with Crippen molar-refractivity contribution in [1.82, 2.24) is 10.3 Å². The Morgan fingerprint density at radius 2 is 2.21 bits per heavy atom. The van der Waals surface area contributed by atoms with Crippen molar-refractivity contribution >= 4 is 28.1 Å². The van der Waals surface area contributed by atoms with Gasteiger partial charge in [-0.05, 0) is 12.1 Å². The molecular formula is C14H18N4O. The van der Waals surface area contributed by atoms with Crippen molar-refractivity contribution in [3.63, 3.8) is 0 Å². The van der Waals surface area contributed by atoms with Gasteiger partial charge in [0, 0.05) is 50.2 Å².